The second-order valence-corrected chi connectivity index (χ2v) is 7.53. The monoisotopic (exact) mass is 317 g/mol. The lowest BCUT2D eigenvalue weighted by atomic mass is 10.1. The molecule has 0 aliphatic rings. The maximum absolute atomic E-state index is 11.7. The normalized spacial score (nSPS) is 12.5. The Morgan fingerprint density at radius 2 is 1.76 bits per heavy atom. The van der Waals surface area contributed by atoms with Gasteiger partial charge in [0, 0.05) is 25.3 Å². The van der Waals surface area contributed by atoms with Crippen molar-refractivity contribution in [2.45, 2.75) is 58.2 Å². The van der Waals surface area contributed by atoms with Gasteiger partial charge in [0.1, 0.15) is 0 Å². The van der Waals surface area contributed by atoms with Crippen LogP contribution in [-0.2, 0) is 9.59 Å². The first kappa shape index (κ1) is 20.2. The van der Waals surface area contributed by atoms with E-state index in [4.69, 9.17) is 5.73 Å². The quantitative estimate of drug-likeness (QED) is 0.504. The van der Waals surface area contributed by atoms with Crippen molar-refractivity contribution in [3.8, 4) is 0 Å². The molecule has 0 saturated carbocycles. The number of carbonyl (C=O) groups excluding carboxylic acids is 2. The van der Waals surface area contributed by atoms with Crippen molar-refractivity contribution in [2.24, 2.45) is 11.7 Å². The minimum absolute atomic E-state index is 0.0239. The number of hydrogen-bond acceptors (Lipinski definition) is 4. The van der Waals surface area contributed by atoms with Gasteiger partial charge in [0.05, 0.1) is 6.04 Å². The summed E-state index contributed by atoms with van der Waals surface area (Å²) in [4.78, 5) is 23.2. The summed E-state index contributed by atoms with van der Waals surface area (Å²) in [5, 5.41) is 6.02. The topological polar surface area (TPSA) is 84.2 Å². The first-order chi connectivity index (χ1) is 9.82. The van der Waals surface area contributed by atoms with Gasteiger partial charge in [-0.3, -0.25) is 9.59 Å². The van der Waals surface area contributed by atoms with Crippen LogP contribution in [-0.4, -0.2) is 41.9 Å². The Hall–Kier alpha value is -0.750. The van der Waals surface area contributed by atoms with Gasteiger partial charge in [0.15, 0.2) is 0 Å². The molecule has 1 atom stereocenters. The molecule has 0 spiro atoms. The van der Waals surface area contributed by atoms with Gasteiger partial charge in [0.2, 0.25) is 11.8 Å². The van der Waals surface area contributed by atoms with Gasteiger partial charge in [-0.15, -0.1) is 0 Å². The highest BCUT2D eigenvalue weighted by Gasteiger charge is 2.14. The summed E-state index contributed by atoms with van der Waals surface area (Å²) in [6.07, 6.45) is 2.41. The van der Waals surface area contributed by atoms with Crippen molar-refractivity contribution >= 4 is 23.6 Å². The minimum Gasteiger partial charge on any atom is -0.356 e. The Kier molecular flexibility index (Phi) is 11.4. The van der Waals surface area contributed by atoms with Crippen LogP contribution in [0.15, 0.2) is 0 Å². The summed E-state index contributed by atoms with van der Waals surface area (Å²) in [5.74, 6) is 1.05. The van der Waals surface area contributed by atoms with Gasteiger partial charge in [-0.2, -0.15) is 11.8 Å². The molecule has 0 aliphatic carbocycles. The van der Waals surface area contributed by atoms with Crippen molar-refractivity contribution in [1.29, 1.82) is 0 Å². The maximum atomic E-state index is 11.7. The first-order valence-corrected chi connectivity index (χ1v) is 8.79. The van der Waals surface area contributed by atoms with E-state index >= 15 is 0 Å². The van der Waals surface area contributed by atoms with Gasteiger partial charge < -0.3 is 16.4 Å². The summed E-state index contributed by atoms with van der Waals surface area (Å²) in [6.45, 7) is 9.51. The van der Waals surface area contributed by atoms with Crippen molar-refractivity contribution in [3.05, 3.63) is 0 Å². The zero-order valence-corrected chi connectivity index (χ0v) is 14.6. The Labute approximate surface area is 133 Å². The van der Waals surface area contributed by atoms with Crippen LogP contribution >= 0.6 is 11.8 Å². The molecule has 21 heavy (non-hydrogen) atoms. The third-order valence-electron chi connectivity index (χ3n) is 2.88. The lowest BCUT2D eigenvalue weighted by Crippen LogP contribution is -2.43. The molecule has 124 valence electrons. The fraction of sp³-hybridized carbons (Fsp3) is 0.867. The van der Waals surface area contributed by atoms with Gasteiger partial charge in [-0.1, -0.05) is 27.7 Å². The first-order valence-electron chi connectivity index (χ1n) is 7.74. The molecule has 4 N–H and O–H groups in total. The van der Waals surface area contributed by atoms with E-state index in [-0.39, 0.29) is 11.8 Å². The van der Waals surface area contributed by atoms with Gasteiger partial charge in [0.25, 0.3) is 0 Å². The van der Waals surface area contributed by atoms with Crippen LogP contribution in [0.3, 0.4) is 0 Å². The molecule has 0 aromatic rings. The van der Waals surface area contributed by atoms with Crippen LogP contribution < -0.4 is 16.4 Å². The average molecular weight is 317 g/mol. The maximum Gasteiger partial charge on any atom is 0.237 e. The molecule has 0 aromatic carbocycles. The molecule has 6 heteroatoms. The molecule has 0 aromatic heterocycles. The number of nitrogens with one attached hydrogen (secondary N) is 2. The summed E-state index contributed by atoms with van der Waals surface area (Å²) in [5.41, 5.74) is 5.78. The van der Waals surface area contributed by atoms with Crippen LogP contribution in [0.4, 0.5) is 0 Å². The van der Waals surface area contributed by atoms with Crippen molar-refractivity contribution in [3.63, 3.8) is 0 Å². The second-order valence-electron chi connectivity index (χ2n) is 5.92. The highest BCUT2D eigenvalue weighted by molar-refractivity contribution is 7.99. The summed E-state index contributed by atoms with van der Waals surface area (Å²) in [6, 6.07) is -0.508. The Bertz CT molecular complexity index is 309. The standard InChI is InChI=1S/C15H31N3O2S/c1-11(2)6-5-8-17-14(19)7-9-18-15(20)13(16)10-21-12(3)4/h11-13H,5-10,16H2,1-4H3,(H,17,19)(H,18,20)/t13-/m1/s1. The molecule has 2 amide bonds. The van der Waals surface area contributed by atoms with Crippen LogP contribution in [0.25, 0.3) is 0 Å². The fourth-order valence-electron chi connectivity index (χ4n) is 1.63. The molecule has 0 aliphatic heterocycles. The van der Waals surface area contributed by atoms with Crippen LogP contribution in [0, 0.1) is 5.92 Å². The lowest BCUT2D eigenvalue weighted by Gasteiger charge is -2.13. The summed E-state index contributed by atoms with van der Waals surface area (Å²) >= 11 is 1.66. The number of rotatable bonds is 11. The molecular formula is C15H31N3O2S. The van der Waals surface area contributed by atoms with E-state index in [0.29, 0.717) is 36.4 Å². The average Bonchev–Trinajstić information content (AvgIpc) is 2.40. The number of hydrogen-bond donors (Lipinski definition) is 3. The van der Waals surface area contributed by atoms with Gasteiger partial charge >= 0.3 is 0 Å². The van der Waals surface area contributed by atoms with Crippen molar-refractivity contribution in [1.82, 2.24) is 10.6 Å². The number of nitrogens with two attached hydrogens (primary N) is 1. The van der Waals surface area contributed by atoms with E-state index < -0.39 is 6.04 Å². The molecule has 0 unspecified atom stereocenters. The zero-order valence-electron chi connectivity index (χ0n) is 13.8. The molecule has 0 fully saturated rings. The molecule has 0 rings (SSSR count). The smallest absolute Gasteiger partial charge is 0.237 e. The SMILES string of the molecule is CC(C)CCCNC(=O)CCNC(=O)[C@H](N)CSC(C)C. The zero-order chi connectivity index (χ0) is 16.3. The predicted octanol–water partition coefficient (Wildman–Crippen LogP) is 1.51. The molecular weight excluding hydrogens is 286 g/mol. The van der Waals surface area contributed by atoms with Gasteiger partial charge in [-0.25, -0.2) is 0 Å². The Morgan fingerprint density at radius 3 is 2.33 bits per heavy atom. The largest absolute Gasteiger partial charge is 0.356 e. The van der Waals surface area contributed by atoms with Gasteiger partial charge in [-0.05, 0) is 24.0 Å². The van der Waals surface area contributed by atoms with Crippen LogP contribution in [0.2, 0.25) is 0 Å². The van der Waals surface area contributed by atoms with Crippen molar-refractivity contribution in [2.75, 3.05) is 18.8 Å². The van der Waals surface area contributed by atoms with E-state index in [1.165, 1.54) is 0 Å². The highest BCUT2D eigenvalue weighted by Crippen LogP contribution is 2.09. The van der Waals surface area contributed by atoms with E-state index in [1.54, 1.807) is 11.8 Å². The summed E-state index contributed by atoms with van der Waals surface area (Å²) < 4.78 is 0. The molecule has 0 heterocycles. The Morgan fingerprint density at radius 1 is 1.10 bits per heavy atom. The number of carbonyl (C=O) groups is 2. The third-order valence-corrected chi connectivity index (χ3v) is 4.10. The van der Waals surface area contributed by atoms with E-state index in [0.717, 1.165) is 12.8 Å². The second kappa shape index (κ2) is 11.9. The predicted molar refractivity (Wildman–Crippen MR) is 90.3 cm³/mol. The molecule has 0 bridgehead atoms. The summed E-state index contributed by atoms with van der Waals surface area (Å²) in [7, 11) is 0. The fourth-order valence-corrected chi connectivity index (χ4v) is 2.37. The third kappa shape index (κ3) is 12.7. The minimum atomic E-state index is -0.508. The van der Waals surface area contributed by atoms with Crippen molar-refractivity contribution < 1.29 is 9.59 Å². The lowest BCUT2D eigenvalue weighted by molar-refractivity contribution is -0.122. The number of amides is 2. The molecule has 0 radical (unpaired) electrons. The van der Waals surface area contributed by atoms with E-state index in [2.05, 4.69) is 38.3 Å². The number of thioether (sulfide) groups is 1. The molecule has 5 nitrogen and oxygen atoms in total. The van der Waals surface area contributed by atoms with E-state index in [1.807, 2.05) is 0 Å². The van der Waals surface area contributed by atoms with Crippen LogP contribution in [0.5, 0.6) is 0 Å². The highest BCUT2D eigenvalue weighted by atomic mass is 32.2. The van der Waals surface area contributed by atoms with Crippen LogP contribution in [0.1, 0.15) is 47.0 Å². The Balaban J connectivity index is 3.63. The molecule has 0 saturated heterocycles. The van der Waals surface area contributed by atoms with E-state index in [9.17, 15) is 9.59 Å².